The van der Waals surface area contributed by atoms with E-state index in [1.54, 1.807) is 23.1 Å². The number of aromatic amines is 1. The molecule has 4 rings (SSSR count). The Hall–Kier alpha value is -2.83. The average molecular weight is 398 g/mol. The number of para-hydroxylation sites is 1. The van der Waals surface area contributed by atoms with E-state index in [4.69, 9.17) is 16.7 Å². The number of benzene rings is 2. The van der Waals surface area contributed by atoms with Gasteiger partial charge in [0.1, 0.15) is 11.7 Å². The number of aromatic nitrogens is 1. The Morgan fingerprint density at radius 1 is 1.25 bits per heavy atom. The lowest BCUT2D eigenvalue weighted by Gasteiger charge is -2.34. The summed E-state index contributed by atoms with van der Waals surface area (Å²) in [5.74, 6) is -0.508. The van der Waals surface area contributed by atoms with Crippen molar-refractivity contribution in [1.29, 1.82) is 0 Å². The van der Waals surface area contributed by atoms with Gasteiger partial charge in [-0.1, -0.05) is 29.8 Å². The number of aliphatic hydroxyl groups is 1. The number of fused-ring (bicyclic) bond motifs is 2. The van der Waals surface area contributed by atoms with E-state index in [1.807, 2.05) is 30.3 Å². The lowest BCUT2D eigenvalue weighted by atomic mass is 9.96. The van der Waals surface area contributed by atoms with E-state index < -0.39 is 6.04 Å². The molecule has 0 aliphatic carbocycles. The molecule has 2 heterocycles. The van der Waals surface area contributed by atoms with Crippen molar-refractivity contribution in [2.45, 2.75) is 18.9 Å². The second-order valence-corrected chi connectivity index (χ2v) is 7.28. The van der Waals surface area contributed by atoms with Crippen LogP contribution in [-0.2, 0) is 11.2 Å². The number of nitrogens with one attached hydrogen (secondary N) is 2. The number of H-pyrrole nitrogens is 1. The Bertz CT molecular complexity index is 1050. The molecule has 0 radical (unpaired) electrons. The maximum absolute atomic E-state index is 13.0. The number of hydrogen-bond acceptors (Lipinski definition) is 3. The van der Waals surface area contributed by atoms with E-state index in [2.05, 4.69) is 10.3 Å². The van der Waals surface area contributed by atoms with Crippen LogP contribution in [-0.4, -0.2) is 41.1 Å². The largest absolute Gasteiger partial charge is 0.396 e. The zero-order valence-electron chi connectivity index (χ0n) is 15.1. The SMILES string of the molecule is O=C(NC1Cc2ccccc2N(CCCO)C1=O)c1cc2cc(Cl)ccc2[nH]1. The molecule has 0 saturated carbocycles. The van der Waals surface area contributed by atoms with Crippen LogP contribution in [0.25, 0.3) is 10.9 Å². The van der Waals surface area contributed by atoms with E-state index in [-0.39, 0.29) is 18.4 Å². The van der Waals surface area contributed by atoms with Gasteiger partial charge in [-0.15, -0.1) is 0 Å². The fourth-order valence-electron chi connectivity index (χ4n) is 3.59. The second kappa shape index (κ2) is 7.66. The summed E-state index contributed by atoms with van der Waals surface area (Å²) in [6, 6.07) is 14.1. The molecule has 144 valence electrons. The van der Waals surface area contributed by atoms with Gasteiger partial charge in [-0.2, -0.15) is 0 Å². The first-order chi connectivity index (χ1) is 13.6. The van der Waals surface area contributed by atoms with Crippen molar-refractivity contribution in [1.82, 2.24) is 10.3 Å². The van der Waals surface area contributed by atoms with Crippen molar-refractivity contribution < 1.29 is 14.7 Å². The molecule has 3 aromatic rings. The predicted octanol–water partition coefficient (Wildman–Crippen LogP) is 2.89. The van der Waals surface area contributed by atoms with Gasteiger partial charge in [-0.3, -0.25) is 9.59 Å². The van der Waals surface area contributed by atoms with Crippen molar-refractivity contribution in [3.8, 4) is 0 Å². The molecule has 7 heteroatoms. The normalized spacial score (nSPS) is 16.3. The van der Waals surface area contributed by atoms with Crippen LogP contribution in [0.2, 0.25) is 5.02 Å². The Kier molecular flexibility index (Phi) is 5.07. The fourth-order valence-corrected chi connectivity index (χ4v) is 3.78. The molecule has 2 aromatic carbocycles. The van der Waals surface area contributed by atoms with E-state index in [0.29, 0.717) is 30.1 Å². The Balaban J connectivity index is 1.58. The van der Waals surface area contributed by atoms with Crippen molar-refractivity contribution in [3.63, 3.8) is 0 Å². The highest BCUT2D eigenvalue weighted by Crippen LogP contribution is 2.28. The minimum atomic E-state index is -0.656. The number of amides is 2. The third kappa shape index (κ3) is 3.48. The van der Waals surface area contributed by atoms with Gasteiger partial charge < -0.3 is 20.3 Å². The highest BCUT2D eigenvalue weighted by Gasteiger charge is 2.33. The number of nitrogens with zero attached hydrogens (tertiary/aromatic N) is 1. The average Bonchev–Trinajstić information content (AvgIpc) is 3.11. The third-order valence-corrected chi connectivity index (χ3v) is 5.18. The molecule has 0 spiro atoms. The number of rotatable bonds is 5. The lowest BCUT2D eigenvalue weighted by molar-refractivity contribution is -0.120. The number of hydrogen-bond donors (Lipinski definition) is 3. The third-order valence-electron chi connectivity index (χ3n) is 4.94. The first-order valence-corrected chi connectivity index (χ1v) is 9.54. The van der Waals surface area contributed by atoms with Crippen LogP contribution in [0, 0.1) is 0 Å². The standard InChI is InChI=1S/C21H20ClN3O3/c22-15-6-7-16-14(10-15)12-17(23-16)20(27)24-18-11-13-4-1-2-5-19(13)25(21(18)28)8-3-9-26/h1-2,4-7,10,12,18,23,26H,3,8-9,11H2,(H,24,27). The summed E-state index contributed by atoms with van der Waals surface area (Å²) < 4.78 is 0. The van der Waals surface area contributed by atoms with Crippen LogP contribution in [0.15, 0.2) is 48.5 Å². The van der Waals surface area contributed by atoms with Gasteiger partial charge in [-0.25, -0.2) is 0 Å². The number of aliphatic hydroxyl groups excluding tert-OH is 1. The van der Waals surface area contributed by atoms with E-state index >= 15 is 0 Å². The minimum absolute atomic E-state index is 0.000592. The van der Waals surface area contributed by atoms with Gasteiger partial charge >= 0.3 is 0 Å². The van der Waals surface area contributed by atoms with Gasteiger partial charge in [-0.05, 0) is 42.3 Å². The summed E-state index contributed by atoms with van der Waals surface area (Å²) >= 11 is 6.01. The predicted molar refractivity (Wildman–Crippen MR) is 109 cm³/mol. The molecular weight excluding hydrogens is 378 g/mol. The lowest BCUT2D eigenvalue weighted by Crippen LogP contribution is -2.53. The van der Waals surface area contributed by atoms with Gasteiger partial charge in [0.2, 0.25) is 5.91 Å². The number of carbonyl (C=O) groups excluding carboxylic acids is 2. The Morgan fingerprint density at radius 3 is 2.89 bits per heavy atom. The topological polar surface area (TPSA) is 85.4 Å². The zero-order chi connectivity index (χ0) is 19.7. The van der Waals surface area contributed by atoms with Crippen molar-refractivity contribution in [3.05, 3.63) is 64.8 Å². The first-order valence-electron chi connectivity index (χ1n) is 9.16. The summed E-state index contributed by atoms with van der Waals surface area (Å²) in [5, 5.41) is 13.4. The summed E-state index contributed by atoms with van der Waals surface area (Å²) in [6.07, 6.45) is 0.909. The fraction of sp³-hybridized carbons (Fsp3) is 0.238. The van der Waals surface area contributed by atoms with Crippen molar-refractivity contribution in [2.75, 3.05) is 18.1 Å². The molecule has 6 nitrogen and oxygen atoms in total. The number of halogens is 1. The van der Waals surface area contributed by atoms with Gasteiger partial charge in [0, 0.05) is 41.2 Å². The van der Waals surface area contributed by atoms with Crippen molar-refractivity contribution >= 4 is 40.0 Å². The molecule has 2 amide bonds. The van der Waals surface area contributed by atoms with Crippen LogP contribution < -0.4 is 10.2 Å². The van der Waals surface area contributed by atoms with Crippen LogP contribution in [0.1, 0.15) is 22.5 Å². The van der Waals surface area contributed by atoms with E-state index in [1.165, 1.54) is 0 Å². The highest BCUT2D eigenvalue weighted by molar-refractivity contribution is 6.31. The molecule has 0 bridgehead atoms. The molecular formula is C21H20ClN3O3. The first kappa shape index (κ1) is 18.5. The van der Waals surface area contributed by atoms with Crippen LogP contribution in [0.4, 0.5) is 5.69 Å². The van der Waals surface area contributed by atoms with E-state index in [0.717, 1.165) is 22.2 Å². The Morgan fingerprint density at radius 2 is 2.07 bits per heavy atom. The maximum Gasteiger partial charge on any atom is 0.268 e. The van der Waals surface area contributed by atoms with Crippen molar-refractivity contribution in [2.24, 2.45) is 0 Å². The summed E-state index contributed by atoms with van der Waals surface area (Å²) in [4.78, 5) is 30.4. The van der Waals surface area contributed by atoms with Gasteiger partial charge in [0.25, 0.3) is 5.91 Å². The number of anilines is 1. The maximum atomic E-state index is 13.0. The van der Waals surface area contributed by atoms with Gasteiger partial charge in [0.05, 0.1) is 0 Å². The Labute approximate surface area is 167 Å². The summed E-state index contributed by atoms with van der Waals surface area (Å²) in [6.45, 7) is 0.407. The van der Waals surface area contributed by atoms with E-state index in [9.17, 15) is 9.59 Å². The molecule has 1 aliphatic heterocycles. The molecule has 1 atom stereocenters. The quantitative estimate of drug-likeness (QED) is 0.618. The zero-order valence-corrected chi connectivity index (χ0v) is 15.9. The number of carbonyl (C=O) groups is 2. The van der Waals surface area contributed by atoms with Gasteiger partial charge in [0.15, 0.2) is 0 Å². The second-order valence-electron chi connectivity index (χ2n) is 6.84. The molecule has 28 heavy (non-hydrogen) atoms. The molecule has 1 unspecified atom stereocenters. The minimum Gasteiger partial charge on any atom is -0.396 e. The molecule has 3 N–H and O–H groups in total. The molecule has 1 aromatic heterocycles. The molecule has 0 saturated heterocycles. The van der Waals surface area contributed by atoms with Crippen LogP contribution in [0.3, 0.4) is 0 Å². The monoisotopic (exact) mass is 397 g/mol. The molecule has 1 aliphatic rings. The van der Waals surface area contributed by atoms with Crippen LogP contribution >= 0.6 is 11.6 Å². The smallest absolute Gasteiger partial charge is 0.268 e. The summed E-state index contributed by atoms with van der Waals surface area (Å²) in [5.41, 5.74) is 3.02. The van der Waals surface area contributed by atoms with Crippen LogP contribution in [0.5, 0.6) is 0 Å². The highest BCUT2D eigenvalue weighted by atomic mass is 35.5. The summed E-state index contributed by atoms with van der Waals surface area (Å²) in [7, 11) is 0. The molecule has 0 fully saturated rings.